The van der Waals surface area contributed by atoms with Crippen molar-refractivity contribution in [1.29, 1.82) is 0 Å². The van der Waals surface area contributed by atoms with Gasteiger partial charge in [0, 0.05) is 4.47 Å². The number of hydrogen-bond acceptors (Lipinski definition) is 3. The van der Waals surface area contributed by atoms with Crippen LogP contribution in [0, 0.1) is 0 Å². The molecule has 2 rings (SSSR count). The minimum atomic E-state index is -0.501. The van der Waals surface area contributed by atoms with Crippen molar-refractivity contribution in [3.63, 3.8) is 0 Å². The highest BCUT2D eigenvalue weighted by atomic mass is 79.9. The molecular weight excluding hydrogens is 378 g/mol. The maximum atomic E-state index is 12.0. The Morgan fingerprint density at radius 3 is 2.47 bits per heavy atom. The molecule has 0 atom stereocenters. The first-order chi connectivity index (χ1) is 8.99. The Kier molecular flexibility index (Phi) is 4.11. The molecule has 6 heteroatoms. The van der Waals surface area contributed by atoms with E-state index >= 15 is 0 Å². The maximum absolute atomic E-state index is 12.0. The Hall–Kier alpha value is -1.53. The third-order valence-corrected chi connectivity index (χ3v) is 3.49. The number of benzene rings is 2. The number of rotatable bonds is 2. The van der Waals surface area contributed by atoms with Gasteiger partial charge < -0.3 is 15.5 Å². The van der Waals surface area contributed by atoms with Gasteiger partial charge in [-0.25, -0.2) is 0 Å². The number of carbonyl (C=O) groups excluding carboxylic acids is 1. The minimum absolute atomic E-state index is 0.0769. The van der Waals surface area contributed by atoms with Crippen LogP contribution in [0.4, 0.5) is 5.69 Å². The number of phenolic OH excluding ortho intramolecular Hbond substituents is 2. The number of halogens is 2. The fourth-order valence-corrected chi connectivity index (χ4v) is 2.74. The van der Waals surface area contributed by atoms with Crippen molar-refractivity contribution in [2.24, 2.45) is 0 Å². The van der Waals surface area contributed by atoms with Crippen LogP contribution in [-0.2, 0) is 0 Å². The Morgan fingerprint density at radius 1 is 1.11 bits per heavy atom. The summed E-state index contributed by atoms with van der Waals surface area (Å²) in [4.78, 5) is 12.0. The van der Waals surface area contributed by atoms with Gasteiger partial charge in [0.2, 0.25) is 0 Å². The molecule has 0 saturated carbocycles. The highest BCUT2D eigenvalue weighted by Crippen LogP contribution is 2.35. The predicted molar refractivity (Wildman–Crippen MR) is 79.6 cm³/mol. The standard InChI is InChI=1S/C13H9Br2NO3/c14-7-5-9(15)12(18)10(6-7)16-13(19)8-3-1-2-4-11(8)17/h1-6,17-18H,(H,16,19). The van der Waals surface area contributed by atoms with Crippen LogP contribution in [0.5, 0.6) is 11.5 Å². The average molecular weight is 387 g/mol. The molecule has 0 aliphatic carbocycles. The third kappa shape index (κ3) is 3.08. The molecule has 0 aromatic heterocycles. The van der Waals surface area contributed by atoms with Gasteiger partial charge in [-0.15, -0.1) is 0 Å². The lowest BCUT2D eigenvalue weighted by atomic mass is 10.2. The number of hydrogen-bond donors (Lipinski definition) is 3. The van der Waals surface area contributed by atoms with E-state index in [1.165, 1.54) is 12.1 Å². The van der Waals surface area contributed by atoms with E-state index in [0.29, 0.717) is 8.95 Å². The van der Waals surface area contributed by atoms with Crippen LogP contribution in [0.15, 0.2) is 45.3 Å². The molecular formula is C13H9Br2NO3. The molecule has 19 heavy (non-hydrogen) atoms. The first-order valence-corrected chi connectivity index (χ1v) is 6.85. The van der Waals surface area contributed by atoms with Crippen molar-refractivity contribution in [2.75, 3.05) is 5.32 Å². The summed E-state index contributed by atoms with van der Waals surface area (Å²) in [5, 5.41) is 22.0. The van der Waals surface area contributed by atoms with Gasteiger partial charge in [-0.1, -0.05) is 28.1 Å². The van der Waals surface area contributed by atoms with Crippen LogP contribution >= 0.6 is 31.9 Å². The number of amides is 1. The zero-order chi connectivity index (χ0) is 14.0. The third-order valence-electron chi connectivity index (χ3n) is 2.43. The maximum Gasteiger partial charge on any atom is 0.259 e. The molecule has 0 aliphatic heterocycles. The molecule has 0 unspecified atom stereocenters. The van der Waals surface area contributed by atoms with Crippen molar-refractivity contribution in [2.45, 2.75) is 0 Å². The summed E-state index contributed by atoms with van der Waals surface area (Å²) < 4.78 is 1.15. The molecule has 3 N–H and O–H groups in total. The summed E-state index contributed by atoms with van der Waals surface area (Å²) in [7, 11) is 0. The van der Waals surface area contributed by atoms with Gasteiger partial charge in [-0.3, -0.25) is 4.79 Å². The molecule has 2 aromatic carbocycles. The molecule has 0 spiro atoms. The van der Waals surface area contributed by atoms with Gasteiger partial charge in [0.15, 0.2) is 5.75 Å². The van der Waals surface area contributed by atoms with Crippen LogP contribution < -0.4 is 5.32 Å². The normalized spacial score (nSPS) is 10.2. The summed E-state index contributed by atoms with van der Waals surface area (Å²) in [5.74, 6) is -0.695. The monoisotopic (exact) mass is 385 g/mol. The Labute approximate surface area is 126 Å². The van der Waals surface area contributed by atoms with Gasteiger partial charge in [-0.05, 0) is 40.2 Å². The summed E-state index contributed by atoms with van der Waals surface area (Å²) in [6.45, 7) is 0. The SMILES string of the molecule is O=C(Nc1cc(Br)cc(Br)c1O)c1ccccc1O. The van der Waals surface area contributed by atoms with Crippen LogP contribution in [0.3, 0.4) is 0 Å². The Bertz CT molecular complexity index is 644. The molecule has 0 saturated heterocycles. The van der Waals surface area contributed by atoms with Crippen molar-refractivity contribution in [1.82, 2.24) is 0 Å². The van der Waals surface area contributed by atoms with E-state index in [1.54, 1.807) is 24.3 Å². The van der Waals surface area contributed by atoms with Crippen molar-refractivity contribution in [3.05, 3.63) is 50.9 Å². The lowest BCUT2D eigenvalue weighted by Crippen LogP contribution is -2.12. The fourth-order valence-electron chi connectivity index (χ4n) is 1.52. The first kappa shape index (κ1) is 13.9. The molecule has 98 valence electrons. The highest BCUT2D eigenvalue weighted by molar-refractivity contribution is 9.11. The lowest BCUT2D eigenvalue weighted by molar-refractivity contribution is 0.102. The van der Waals surface area contributed by atoms with Crippen LogP contribution in [-0.4, -0.2) is 16.1 Å². The van der Waals surface area contributed by atoms with Gasteiger partial charge in [-0.2, -0.15) is 0 Å². The van der Waals surface area contributed by atoms with E-state index in [1.807, 2.05) is 0 Å². The van der Waals surface area contributed by atoms with Gasteiger partial charge in [0.1, 0.15) is 5.75 Å². The van der Waals surface area contributed by atoms with E-state index in [0.717, 1.165) is 0 Å². The second-order valence-corrected chi connectivity index (χ2v) is 5.53. The summed E-state index contributed by atoms with van der Waals surface area (Å²) in [6.07, 6.45) is 0. The van der Waals surface area contributed by atoms with Crippen LogP contribution in [0.1, 0.15) is 10.4 Å². The van der Waals surface area contributed by atoms with Crippen LogP contribution in [0.25, 0.3) is 0 Å². The summed E-state index contributed by atoms with van der Waals surface area (Å²) in [6, 6.07) is 9.41. The quantitative estimate of drug-likeness (QED) is 0.686. The van der Waals surface area contributed by atoms with E-state index < -0.39 is 5.91 Å². The number of aromatic hydroxyl groups is 2. The zero-order valence-corrected chi connectivity index (χ0v) is 12.7. The van der Waals surface area contributed by atoms with Gasteiger partial charge in [0.05, 0.1) is 15.7 Å². The predicted octanol–water partition coefficient (Wildman–Crippen LogP) is 3.88. The van der Waals surface area contributed by atoms with Crippen LogP contribution in [0.2, 0.25) is 0 Å². The number of carbonyl (C=O) groups is 1. The summed E-state index contributed by atoms with van der Waals surface area (Å²) in [5.41, 5.74) is 0.382. The lowest BCUT2D eigenvalue weighted by Gasteiger charge is -2.10. The number of nitrogens with one attached hydrogen (secondary N) is 1. The number of para-hydroxylation sites is 1. The first-order valence-electron chi connectivity index (χ1n) is 5.26. The van der Waals surface area contributed by atoms with E-state index in [-0.39, 0.29) is 22.7 Å². The van der Waals surface area contributed by atoms with E-state index in [2.05, 4.69) is 37.2 Å². The topological polar surface area (TPSA) is 69.6 Å². The zero-order valence-electron chi connectivity index (χ0n) is 9.52. The minimum Gasteiger partial charge on any atom is -0.507 e. The van der Waals surface area contributed by atoms with Crippen molar-refractivity contribution in [3.8, 4) is 11.5 Å². The highest BCUT2D eigenvalue weighted by Gasteiger charge is 2.14. The van der Waals surface area contributed by atoms with Crippen molar-refractivity contribution < 1.29 is 15.0 Å². The van der Waals surface area contributed by atoms with Gasteiger partial charge in [0.25, 0.3) is 5.91 Å². The largest absolute Gasteiger partial charge is 0.507 e. The molecule has 2 aromatic rings. The molecule has 0 radical (unpaired) electrons. The molecule has 0 fully saturated rings. The van der Waals surface area contributed by atoms with E-state index in [4.69, 9.17) is 0 Å². The second kappa shape index (κ2) is 5.63. The second-order valence-electron chi connectivity index (χ2n) is 3.76. The molecule has 0 heterocycles. The molecule has 0 aliphatic rings. The molecule has 4 nitrogen and oxygen atoms in total. The Balaban J connectivity index is 2.32. The Morgan fingerprint density at radius 2 is 1.79 bits per heavy atom. The number of anilines is 1. The summed E-state index contributed by atoms with van der Waals surface area (Å²) >= 11 is 6.44. The van der Waals surface area contributed by atoms with Crippen molar-refractivity contribution >= 4 is 43.5 Å². The molecule has 1 amide bonds. The number of phenols is 2. The molecule has 0 bridgehead atoms. The average Bonchev–Trinajstić information content (AvgIpc) is 2.35. The fraction of sp³-hybridized carbons (Fsp3) is 0. The smallest absolute Gasteiger partial charge is 0.259 e. The van der Waals surface area contributed by atoms with E-state index in [9.17, 15) is 15.0 Å². The van der Waals surface area contributed by atoms with Gasteiger partial charge >= 0.3 is 0 Å².